The van der Waals surface area contributed by atoms with E-state index >= 15 is 0 Å². The fraction of sp³-hybridized carbons (Fsp3) is 0.273. The number of nitrogens with two attached hydrogens (primary N) is 1. The van der Waals surface area contributed by atoms with Crippen LogP contribution in [0, 0.1) is 6.92 Å². The number of para-hydroxylation sites is 2. The highest BCUT2D eigenvalue weighted by molar-refractivity contribution is 6.35. The van der Waals surface area contributed by atoms with Crippen LogP contribution >= 0.6 is 23.2 Å². The van der Waals surface area contributed by atoms with Crippen molar-refractivity contribution in [2.45, 2.75) is 32.4 Å². The number of fused-ring (bicyclic) bond motifs is 1. The largest absolute Gasteiger partial charge is 0.495 e. The summed E-state index contributed by atoms with van der Waals surface area (Å²) in [4.78, 5) is 19.6. The Morgan fingerprint density at radius 1 is 1.31 bits per heavy atom. The highest BCUT2D eigenvalue weighted by Gasteiger charge is 2.37. The molecule has 7 heteroatoms. The Kier molecular flexibility index (Phi) is 5.38. The first-order valence-electron chi connectivity index (χ1n) is 9.36. The maximum atomic E-state index is 13.3. The lowest BCUT2D eigenvalue weighted by atomic mass is 9.84. The lowest BCUT2D eigenvalue weighted by molar-refractivity contribution is 0.0991. The van der Waals surface area contributed by atoms with Gasteiger partial charge in [0.05, 0.1) is 19.3 Å². The summed E-state index contributed by atoms with van der Waals surface area (Å²) >= 11 is 12.7. The van der Waals surface area contributed by atoms with Crippen LogP contribution in [-0.4, -0.2) is 18.0 Å². The summed E-state index contributed by atoms with van der Waals surface area (Å²) < 4.78 is 5.46. The fourth-order valence-electron chi connectivity index (χ4n) is 4.12. The number of nitrogens with zero attached hydrogens (tertiary/aromatic N) is 2. The summed E-state index contributed by atoms with van der Waals surface area (Å²) in [6, 6.07) is 7.46. The summed E-state index contributed by atoms with van der Waals surface area (Å²) in [6.45, 7) is 2.60. The number of ether oxygens (including phenoxy) is 1. The molecule has 2 heterocycles. The number of methoxy groups -OCH3 is 1. The van der Waals surface area contributed by atoms with E-state index in [1.807, 2.05) is 37.3 Å². The van der Waals surface area contributed by atoms with E-state index in [-0.39, 0.29) is 11.8 Å². The third kappa shape index (κ3) is 3.33. The first kappa shape index (κ1) is 20.0. The number of benzene rings is 1. The Hall–Kier alpha value is -2.34. The van der Waals surface area contributed by atoms with Crippen LogP contribution in [0.3, 0.4) is 0 Å². The monoisotopic (exact) mass is 429 g/mol. The van der Waals surface area contributed by atoms with Gasteiger partial charge in [0.2, 0.25) is 0 Å². The van der Waals surface area contributed by atoms with Crippen molar-refractivity contribution >= 4 is 34.8 Å². The van der Waals surface area contributed by atoms with Gasteiger partial charge in [0.15, 0.2) is 0 Å². The lowest BCUT2D eigenvalue weighted by Crippen LogP contribution is -2.24. The third-order valence-corrected chi connectivity index (χ3v) is 6.14. The fourth-order valence-corrected chi connectivity index (χ4v) is 4.70. The first-order valence-corrected chi connectivity index (χ1v) is 10.1. The molecule has 0 saturated carbocycles. The third-order valence-electron chi connectivity index (χ3n) is 5.50. The van der Waals surface area contributed by atoms with Crippen molar-refractivity contribution in [1.29, 1.82) is 0 Å². The van der Waals surface area contributed by atoms with Crippen molar-refractivity contribution in [3.05, 3.63) is 74.6 Å². The molecule has 2 N–H and O–H groups in total. The highest BCUT2D eigenvalue weighted by Crippen LogP contribution is 2.44. The summed E-state index contributed by atoms with van der Waals surface area (Å²) in [5.41, 5.74) is 10.8. The Bertz CT molecular complexity index is 1060. The van der Waals surface area contributed by atoms with Gasteiger partial charge in [-0.2, -0.15) is 0 Å². The molecule has 0 spiro atoms. The molecule has 2 aromatic rings. The van der Waals surface area contributed by atoms with E-state index in [0.717, 1.165) is 22.4 Å². The SMILES string of the molecule is COc1ccccc1N1Cc2c(nc(C)c(CN)c2C2CC=C(Cl)C=C2Cl)C1=O. The molecule has 4 rings (SSSR count). The topological polar surface area (TPSA) is 68.4 Å². The van der Waals surface area contributed by atoms with E-state index in [4.69, 9.17) is 33.7 Å². The summed E-state index contributed by atoms with van der Waals surface area (Å²) in [6.07, 6.45) is 4.35. The number of aryl methyl sites for hydroxylation is 1. The minimum Gasteiger partial charge on any atom is -0.495 e. The second kappa shape index (κ2) is 7.82. The Balaban J connectivity index is 1.87. The molecule has 1 aromatic heterocycles. The number of hydrogen-bond donors (Lipinski definition) is 1. The molecule has 1 aliphatic heterocycles. The van der Waals surface area contributed by atoms with Gasteiger partial charge in [0.25, 0.3) is 5.91 Å². The molecule has 0 radical (unpaired) electrons. The quantitative estimate of drug-likeness (QED) is 0.760. The summed E-state index contributed by atoms with van der Waals surface area (Å²) in [5.74, 6) is 0.386. The molecular weight excluding hydrogens is 409 g/mol. The molecular formula is C22H21Cl2N3O2. The molecule has 5 nitrogen and oxygen atoms in total. The van der Waals surface area contributed by atoms with Crippen molar-refractivity contribution in [2.75, 3.05) is 12.0 Å². The number of allylic oxidation sites excluding steroid dienone is 4. The van der Waals surface area contributed by atoms with Crippen LogP contribution in [0.4, 0.5) is 5.69 Å². The predicted octanol–water partition coefficient (Wildman–Crippen LogP) is 4.75. The lowest BCUT2D eigenvalue weighted by Gasteiger charge is -2.25. The van der Waals surface area contributed by atoms with Gasteiger partial charge in [0, 0.05) is 33.8 Å². The van der Waals surface area contributed by atoms with Crippen molar-refractivity contribution < 1.29 is 9.53 Å². The van der Waals surface area contributed by atoms with E-state index in [0.29, 0.717) is 46.7 Å². The normalized spacial score (nSPS) is 18.4. The van der Waals surface area contributed by atoms with E-state index in [1.165, 1.54) is 0 Å². The predicted molar refractivity (Wildman–Crippen MR) is 116 cm³/mol. The Morgan fingerprint density at radius 3 is 2.76 bits per heavy atom. The van der Waals surface area contributed by atoms with Crippen molar-refractivity contribution in [3.8, 4) is 5.75 Å². The van der Waals surface area contributed by atoms with Crippen molar-refractivity contribution in [3.63, 3.8) is 0 Å². The van der Waals surface area contributed by atoms with E-state index < -0.39 is 0 Å². The Morgan fingerprint density at radius 2 is 2.07 bits per heavy atom. The van der Waals surface area contributed by atoms with Crippen LogP contribution < -0.4 is 15.4 Å². The smallest absolute Gasteiger partial charge is 0.277 e. The van der Waals surface area contributed by atoms with Crippen LogP contribution in [0.25, 0.3) is 0 Å². The zero-order valence-electron chi connectivity index (χ0n) is 16.2. The van der Waals surface area contributed by atoms with Crippen LogP contribution in [0.5, 0.6) is 5.75 Å². The number of hydrogen-bond acceptors (Lipinski definition) is 4. The van der Waals surface area contributed by atoms with Crippen LogP contribution in [0.15, 0.2) is 46.5 Å². The second-order valence-electron chi connectivity index (χ2n) is 7.09. The second-order valence-corrected chi connectivity index (χ2v) is 7.96. The summed E-state index contributed by atoms with van der Waals surface area (Å²) in [5, 5.41) is 1.26. The van der Waals surface area contributed by atoms with Gasteiger partial charge in [0.1, 0.15) is 11.4 Å². The molecule has 1 unspecified atom stereocenters. The van der Waals surface area contributed by atoms with Crippen molar-refractivity contribution in [2.24, 2.45) is 5.73 Å². The van der Waals surface area contributed by atoms with Crippen LogP contribution in [-0.2, 0) is 13.1 Å². The van der Waals surface area contributed by atoms with E-state index in [1.54, 1.807) is 18.1 Å². The van der Waals surface area contributed by atoms with Gasteiger partial charge >= 0.3 is 0 Å². The zero-order valence-corrected chi connectivity index (χ0v) is 17.7. The molecule has 0 fully saturated rings. The van der Waals surface area contributed by atoms with Gasteiger partial charge in [-0.1, -0.05) is 41.4 Å². The number of aromatic nitrogens is 1. The number of anilines is 1. The number of amides is 1. The molecule has 0 bridgehead atoms. The number of halogens is 2. The molecule has 1 aromatic carbocycles. The Labute approximate surface area is 179 Å². The number of rotatable bonds is 4. The standard InChI is InChI=1S/C22H21Cl2N3O2/c1-12-15(10-25)20(14-8-7-13(23)9-17(14)24)16-11-27(22(28)21(16)26-12)18-5-3-4-6-19(18)29-2/h3-7,9,14H,8,10-11,25H2,1-2H3. The first-order chi connectivity index (χ1) is 14.0. The van der Waals surface area contributed by atoms with Crippen molar-refractivity contribution in [1.82, 2.24) is 4.98 Å². The molecule has 0 saturated heterocycles. The molecule has 1 amide bonds. The zero-order chi connectivity index (χ0) is 20.7. The summed E-state index contributed by atoms with van der Waals surface area (Å²) in [7, 11) is 1.59. The van der Waals surface area contributed by atoms with Gasteiger partial charge in [-0.15, -0.1) is 0 Å². The molecule has 2 aliphatic rings. The van der Waals surface area contributed by atoms with Gasteiger partial charge in [-0.05, 0) is 42.7 Å². The van der Waals surface area contributed by atoms with Gasteiger partial charge in [-0.25, -0.2) is 4.98 Å². The van der Waals surface area contributed by atoms with Gasteiger partial charge < -0.3 is 10.5 Å². The maximum absolute atomic E-state index is 13.3. The number of pyridine rings is 1. The van der Waals surface area contributed by atoms with E-state index in [9.17, 15) is 4.79 Å². The molecule has 29 heavy (non-hydrogen) atoms. The number of carbonyl (C=O) groups excluding carboxylic acids is 1. The molecule has 1 aliphatic carbocycles. The number of carbonyl (C=O) groups is 1. The average Bonchev–Trinajstić information content (AvgIpc) is 3.03. The average molecular weight is 430 g/mol. The minimum absolute atomic E-state index is 0.0985. The van der Waals surface area contributed by atoms with Gasteiger partial charge in [-0.3, -0.25) is 9.69 Å². The maximum Gasteiger partial charge on any atom is 0.277 e. The van der Waals surface area contributed by atoms with E-state index in [2.05, 4.69) is 4.98 Å². The minimum atomic E-state index is -0.151. The van der Waals surface area contributed by atoms with Crippen LogP contribution in [0.1, 0.15) is 45.2 Å². The van der Waals surface area contributed by atoms with Crippen LogP contribution in [0.2, 0.25) is 0 Å². The molecule has 150 valence electrons. The highest BCUT2D eigenvalue weighted by atomic mass is 35.5. The molecule has 1 atom stereocenters.